The van der Waals surface area contributed by atoms with Gasteiger partial charge in [-0.3, -0.25) is 4.99 Å². The minimum absolute atomic E-state index is 0.360. The summed E-state index contributed by atoms with van der Waals surface area (Å²) in [6.07, 6.45) is 1.67. The zero-order valence-corrected chi connectivity index (χ0v) is 13.0. The summed E-state index contributed by atoms with van der Waals surface area (Å²) < 4.78 is 0. The lowest BCUT2D eigenvalue weighted by atomic mass is 9.83. The number of rotatable bonds is 2. The number of hydrogen-bond donors (Lipinski definition) is 2. The maximum atomic E-state index is 11.1. The molecule has 2 aromatic carbocycles. The Bertz CT molecular complexity index is 726. The zero-order chi connectivity index (χ0) is 15.9. The molecule has 2 aromatic rings. The van der Waals surface area contributed by atoms with Crippen LogP contribution in [-0.2, 0) is 5.60 Å². The number of aliphatic hydroxyl groups is 1. The SMILES string of the molecule is NC1=NCC2CC[C@](O)(c3ccc(-c4ccccc4)cc3)CN12. The van der Waals surface area contributed by atoms with Gasteiger partial charge in [-0.2, -0.15) is 0 Å². The van der Waals surface area contributed by atoms with Crippen molar-refractivity contribution in [3.63, 3.8) is 0 Å². The van der Waals surface area contributed by atoms with Crippen LogP contribution < -0.4 is 5.73 Å². The summed E-state index contributed by atoms with van der Waals surface area (Å²) in [5.74, 6) is 0.564. The molecule has 118 valence electrons. The summed E-state index contributed by atoms with van der Waals surface area (Å²) in [6, 6.07) is 18.9. The van der Waals surface area contributed by atoms with Gasteiger partial charge in [-0.05, 0) is 29.5 Å². The van der Waals surface area contributed by atoms with Gasteiger partial charge in [-0.25, -0.2) is 0 Å². The van der Waals surface area contributed by atoms with Gasteiger partial charge in [-0.15, -0.1) is 0 Å². The van der Waals surface area contributed by atoms with Crippen LogP contribution >= 0.6 is 0 Å². The number of piperidine rings is 1. The van der Waals surface area contributed by atoms with Gasteiger partial charge >= 0.3 is 0 Å². The third kappa shape index (κ3) is 2.49. The Balaban J connectivity index is 1.59. The van der Waals surface area contributed by atoms with Gasteiger partial charge in [0.2, 0.25) is 0 Å². The molecule has 0 bridgehead atoms. The fourth-order valence-electron chi connectivity index (χ4n) is 3.64. The number of fused-ring (bicyclic) bond motifs is 1. The molecule has 0 spiro atoms. The summed E-state index contributed by atoms with van der Waals surface area (Å²) in [7, 11) is 0. The smallest absolute Gasteiger partial charge is 0.191 e. The molecule has 4 nitrogen and oxygen atoms in total. The van der Waals surface area contributed by atoms with E-state index in [0.29, 0.717) is 18.5 Å². The Hall–Kier alpha value is -2.33. The molecule has 0 aliphatic carbocycles. The van der Waals surface area contributed by atoms with Gasteiger partial charge in [-0.1, -0.05) is 54.6 Å². The Morgan fingerprint density at radius 1 is 1.04 bits per heavy atom. The molecule has 2 heterocycles. The minimum atomic E-state index is -0.851. The van der Waals surface area contributed by atoms with E-state index in [0.717, 1.165) is 30.5 Å². The van der Waals surface area contributed by atoms with E-state index in [-0.39, 0.29) is 0 Å². The number of nitrogens with zero attached hydrogens (tertiary/aromatic N) is 2. The normalized spacial score (nSPS) is 26.7. The minimum Gasteiger partial charge on any atom is -0.383 e. The number of nitrogens with two attached hydrogens (primary N) is 1. The molecule has 2 aliphatic heterocycles. The van der Waals surface area contributed by atoms with Gasteiger partial charge in [0.25, 0.3) is 0 Å². The lowest BCUT2D eigenvalue weighted by Crippen LogP contribution is -2.53. The average Bonchev–Trinajstić information content (AvgIpc) is 2.96. The van der Waals surface area contributed by atoms with Crippen LogP contribution in [0.25, 0.3) is 11.1 Å². The summed E-state index contributed by atoms with van der Waals surface area (Å²) in [6.45, 7) is 1.28. The van der Waals surface area contributed by atoms with Crippen LogP contribution in [0, 0.1) is 0 Å². The van der Waals surface area contributed by atoms with Crippen LogP contribution in [0.4, 0.5) is 0 Å². The van der Waals surface area contributed by atoms with Gasteiger partial charge in [0.05, 0.1) is 19.1 Å². The van der Waals surface area contributed by atoms with Crippen LogP contribution in [-0.4, -0.2) is 35.1 Å². The largest absolute Gasteiger partial charge is 0.383 e. The summed E-state index contributed by atoms with van der Waals surface area (Å²) >= 11 is 0. The quantitative estimate of drug-likeness (QED) is 0.895. The average molecular weight is 307 g/mol. The second kappa shape index (κ2) is 5.39. The van der Waals surface area contributed by atoms with Gasteiger partial charge < -0.3 is 15.7 Å². The number of hydrogen-bond acceptors (Lipinski definition) is 4. The molecule has 4 rings (SSSR count). The van der Waals surface area contributed by atoms with Gasteiger partial charge in [0.1, 0.15) is 5.60 Å². The molecule has 2 atom stereocenters. The van der Waals surface area contributed by atoms with Crippen LogP contribution in [0.1, 0.15) is 18.4 Å². The van der Waals surface area contributed by atoms with Crippen molar-refractivity contribution in [2.24, 2.45) is 10.7 Å². The Morgan fingerprint density at radius 3 is 2.48 bits per heavy atom. The predicted octanol–water partition coefficient (Wildman–Crippen LogP) is 2.33. The Kier molecular flexibility index (Phi) is 3.34. The van der Waals surface area contributed by atoms with Crippen molar-refractivity contribution in [2.45, 2.75) is 24.5 Å². The zero-order valence-electron chi connectivity index (χ0n) is 13.0. The maximum Gasteiger partial charge on any atom is 0.191 e. The van der Waals surface area contributed by atoms with E-state index in [1.54, 1.807) is 0 Å². The topological polar surface area (TPSA) is 61.9 Å². The fraction of sp³-hybridized carbons (Fsp3) is 0.316. The second-order valence-corrected chi connectivity index (χ2v) is 6.49. The fourth-order valence-corrected chi connectivity index (χ4v) is 3.64. The lowest BCUT2D eigenvalue weighted by molar-refractivity contribution is -0.0286. The first kappa shape index (κ1) is 14.3. The van der Waals surface area contributed by atoms with E-state index >= 15 is 0 Å². The van der Waals surface area contributed by atoms with Crippen molar-refractivity contribution in [2.75, 3.05) is 13.1 Å². The standard InChI is InChI=1S/C19H21N3O/c20-18-21-12-17-10-11-19(23,13-22(17)18)16-8-6-15(7-9-16)14-4-2-1-3-5-14/h1-9,17,23H,10-13H2,(H2,20,21)/t17?,19-/m1/s1. The Morgan fingerprint density at radius 2 is 1.74 bits per heavy atom. The van der Waals surface area contributed by atoms with E-state index in [4.69, 9.17) is 5.73 Å². The van der Waals surface area contributed by atoms with Crippen molar-refractivity contribution >= 4 is 5.96 Å². The maximum absolute atomic E-state index is 11.1. The first-order valence-electron chi connectivity index (χ1n) is 8.11. The molecule has 1 saturated heterocycles. The third-order valence-electron chi connectivity index (χ3n) is 5.05. The Labute approximate surface area is 136 Å². The van der Waals surface area contributed by atoms with Crippen molar-refractivity contribution in [1.29, 1.82) is 0 Å². The highest BCUT2D eigenvalue weighted by atomic mass is 16.3. The van der Waals surface area contributed by atoms with Crippen molar-refractivity contribution in [3.05, 3.63) is 60.2 Å². The molecule has 0 saturated carbocycles. The van der Waals surface area contributed by atoms with E-state index in [2.05, 4.69) is 34.2 Å². The van der Waals surface area contributed by atoms with Crippen LogP contribution in [0.15, 0.2) is 59.6 Å². The third-order valence-corrected chi connectivity index (χ3v) is 5.05. The van der Waals surface area contributed by atoms with Crippen LogP contribution in [0.2, 0.25) is 0 Å². The number of guanidine groups is 1. The highest BCUT2D eigenvalue weighted by Crippen LogP contribution is 2.36. The van der Waals surface area contributed by atoms with E-state index in [1.807, 2.05) is 30.3 Å². The van der Waals surface area contributed by atoms with Gasteiger partial charge in [0, 0.05) is 0 Å². The first-order chi connectivity index (χ1) is 11.2. The highest BCUT2D eigenvalue weighted by molar-refractivity contribution is 5.80. The first-order valence-corrected chi connectivity index (χ1v) is 8.11. The number of aliphatic imine (C=N–C) groups is 1. The molecule has 3 N–H and O–H groups in total. The molecule has 4 heteroatoms. The van der Waals surface area contributed by atoms with E-state index in [9.17, 15) is 5.11 Å². The van der Waals surface area contributed by atoms with Crippen LogP contribution in [0.3, 0.4) is 0 Å². The molecule has 0 aromatic heterocycles. The molecule has 23 heavy (non-hydrogen) atoms. The molecule has 1 fully saturated rings. The van der Waals surface area contributed by atoms with Crippen molar-refractivity contribution in [1.82, 2.24) is 4.90 Å². The molecule has 1 unspecified atom stereocenters. The van der Waals surface area contributed by atoms with Crippen molar-refractivity contribution < 1.29 is 5.11 Å². The van der Waals surface area contributed by atoms with E-state index < -0.39 is 5.60 Å². The number of benzene rings is 2. The molecular formula is C19H21N3O. The molecule has 0 radical (unpaired) electrons. The summed E-state index contributed by atoms with van der Waals surface area (Å²) in [4.78, 5) is 6.35. The van der Waals surface area contributed by atoms with E-state index in [1.165, 1.54) is 5.56 Å². The predicted molar refractivity (Wildman–Crippen MR) is 92.0 cm³/mol. The molecule has 0 amide bonds. The molecule has 2 aliphatic rings. The van der Waals surface area contributed by atoms with Gasteiger partial charge in [0.15, 0.2) is 5.96 Å². The second-order valence-electron chi connectivity index (χ2n) is 6.49. The lowest BCUT2D eigenvalue weighted by Gasteiger charge is -2.42. The molecular weight excluding hydrogens is 286 g/mol. The summed E-state index contributed by atoms with van der Waals surface area (Å²) in [5, 5.41) is 11.1. The highest BCUT2D eigenvalue weighted by Gasteiger charge is 2.41. The monoisotopic (exact) mass is 307 g/mol. The van der Waals surface area contributed by atoms with Crippen molar-refractivity contribution in [3.8, 4) is 11.1 Å². The summed E-state index contributed by atoms with van der Waals surface area (Å²) in [5.41, 5.74) is 8.40. The van der Waals surface area contributed by atoms with Crippen LogP contribution in [0.5, 0.6) is 0 Å².